The first kappa shape index (κ1) is 23.6. The number of hydrogen-bond donors (Lipinski definition) is 6. The van der Waals surface area contributed by atoms with Gasteiger partial charge in [-0.2, -0.15) is 0 Å². The highest BCUT2D eigenvalue weighted by molar-refractivity contribution is 5.89. The molecule has 180 valence electrons. The predicted octanol–water partition coefficient (Wildman–Crippen LogP) is -1.23. The third kappa shape index (κ3) is 4.75. The van der Waals surface area contributed by atoms with Crippen LogP contribution in [0.1, 0.15) is 10.4 Å². The molecule has 4 rings (SSSR count). The topological polar surface area (TPSA) is 175 Å². The quantitative estimate of drug-likeness (QED) is 0.219. The van der Waals surface area contributed by atoms with E-state index in [4.69, 9.17) is 18.9 Å². The van der Waals surface area contributed by atoms with E-state index in [1.54, 1.807) is 12.2 Å². The molecular formula is C22H26O11. The highest BCUT2D eigenvalue weighted by atomic mass is 16.8. The maximum Gasteiger partial charge on any atom is 0.338 e. The molecule has 1 saturated heterocycles. The van der Waals surface area contributed by atoms with Crippen molar-refractivity contribution in [2.45, 2.75) is 43.1 Å². The summed E-state index contributed by atoms with van der Waals surface area (Å²) in [5, 5.41) is 59.4. The van der Waals surface area contributed by atoms with Crippen LogP contribution in [0.5, 0.6) is 5.75 Å². The normalized spacial score (nSPS) is 37.7. The molecule has 0 saturated carbocycles. The summed E-state index contributed by atoms with van der Waals surface area (Å²) in [4.78, 5) is 12.2. The number of benzene rings is 1. The van der Waals surface area contributed by atoms with Crippen LogP contribution in [0.3, 0.4) is 0 Å². The van der Waals surface area contributed by atoms with Crippen LogP contribution in [0.2, 0.25) is 0 Å². The number of hydrogen-bond acceptors (Lipinski definition) is 11. The van der Waals surface area contributed by atoms with Gasteiger partial charge in [0.2, 0.25) is 6.29 Å². The van der Waals surface area contributed by atoms with Gasteiger partial charge in [0.15, 0.2) is 6.29 Å². The zero-order valence-electron chi connectivity index (χ0n) is 17.4. The summed E-state index contributed by atoms with van der Waals surface area (Å²) in [5.74, 6) is -1.60. The molecule has 0 unspecified atom stereocenters. The van der Waals surface area contributed by atoms with E-state index in [0.29, 0.717) is 5.57 Å². The van der Waals surface area contributed by atoms with Crippen molar-refractivity contribution >= 4 is 5.97 Å². The summed E-state index contributed by atoms with van der Waals surface area (Å²) in [7, 11) is 0. The number of esters is 1. The van der Waals surface area contributed by atoms with Gasteiger partial charge in [0.25, 0.3) is 0 Å². The second kappa shape index (κ2) is 9.77. The molecule has 0 spiro atoms. The Morgan fingerprint density at radius 2 is 1.70 bits per heavy atom. The second-order valence-electron chi connectivity index (χ2n) is 8.13. The minimum atomic E-state index is -1.60. The zero-order chi connectivity index (χ0) is 23.7. The van der Waals surface area contributed by atoms with Crippen molar-refractivity contribution in [1.82, 2.24) is 0 Å². The van der Waals surface area contributed by atoms with Gasteiger partial charge in [0, 0.05) is 11.8 Å². The molecule has 1 aromatic carbocycles. The van der Waals surface area contributed by atoms with E-state index < -0.39 is 67.5 Å². The average Bonchev–Trinajstić information content (AvgIpc) is 3.14. The Kier molecular flexibility index (Phi) is 7.00. The maximum atomic E-state index is 12.2. The number of phenols is 1. The van der Waals surface area contributed by atoms with Crippen LogP contribution >= 0.6 is 0 Å². The summed E-state index contributed by atoms with van der Waals surface area (Å²) in [6, 6.07) is 5.55. The standard InChI is InChI=1S/C22H26O11/c23-8-15-17(26)18(27)19(28)22(32-15)33-21-14-7-11(16(25)13(14)5-6-30-21)9-31-20(29)10-1-3-12(24)4-2-10/h1-7,13-19,21-28H,8-9H2/t13-,14-,15-,16-,17-,18+,19-,21+,22+/m1/s1. The third-order valence-corrected chi connectivity index (χ3v) is 6.01. The molecule has 2 heterocycles. The molecule has 33 heavy (non-hydrogen) atoms. The van der Waals surface area contributed by atoms with E-state index in [0.717, 1.165) is 0 Å². The largest absolute Gasteiger partial charge is 0.508 e. The van der Waals surface area contributed by atoms with Crippen molar-refractivity contribution in [2.75, 3.05) is 13.2 Å². The van der Waals surface area contributed by atoms with Gasteiger partial charge in [-0.1, -0.05) is 6.08 Å². The fourth-order valence-electron chi connectivity index (χ4n) is 4.11. The first-order valence-electron chi connectivity index (χ1n) is 10.4. The fourth-order valence-corrected chi connectivity index (χ4v) is 4.11. The number of aliphatic hydroxyl groups excluding tert-OH is 5. The SMILES string of the molecule is O=C(OCC1=C[C@H]2[C@H](O[C@@H]3O[C@H](CO)[C@@H](O)[C@H](O)[C@H]3O)OC=C[C@H]2[C@@H]1O)c1ccc(O)cc1. The molecule has 1 fully saturated rings. The van der Waals surface area contributed by atoms with Crippen LogP contribution in [-0.4, -0.2) is 92.9 Å². The maximum absolute atomic E-state index is 12.2. The molecule has 9 atom stereocenters. The monoisotopic (exact) mass is 466 g/mol. The van der Waals surface area contributed by atoms with Gasteiger partial charge < -0.3 is 49.6 Å². The lowest BCUT2D eigenvalue weighted by Gasteiger charge is -2.42. The smallest absolute Gasteiger partial charge is 0.338 e. The van der Waals surface area contributed by atoms with E-state index in [1.807, 2.05) is 0 Å². The molecule has 0 aromatic heterocycles. The number of fused-ring (bicyclic) bond motifs is 1. The number of rotatable bonds is 6. The number of carbonyl (C=O) groups excluding carboxylic acids is 1. The van der Waals surface area contributed by atoms with Crippen LogP contribution in [0.15, 0.2) is 48.3 Å². The van der Waals surface area contributed by atoms with Crippen LogP contribution in [-0.2, 0) is 18.9 Å². The summed E-state index contributed by atoms with van der Waals surface area (Å²) in [6.07, 6.45) is -4.66. The Morgan fingerprint density at radius 3 is 2.39 bits per heavy atom. The van der Waals surface area contributed by atoms with E-state index in [9.17, 15) is 35.4 Å². The summed E-state index contributed by atoms with van der Waals surface area (Å²) < 4.78 is 21.8. The van der Waals surface area contributed by atoms with E-state index in [1.165, 1.54) is 30.5 Å². The predicted molar refractivity (Wildman–Crippen MR) is 108 cm³/mol. The summed E-state index contributed by atoms with van der Waals surface area (Å²) >= 11 is 0. The molecule has 1 aliphatic carbocycles. The van der Waals surface area contributed by atoms with Crippen LogP contribution in [0, 0.1) is 11.8 Å². The number of ether oxygens (including phenoxy) is 4. The van der Waals surface area contributed by atoms with Gasteiger partial charge in [-0.15, -0.1) is 0 Å². The van der Waals surface area contributed by atoms with E-state index in [-0.39, 0.29) is 17.9 Å². The number of aliphatic hydroxyl groups is 5. The molecular weight excluding hydrogens is 440 g/mol. The van der Waals surface area contributed by atoms with Crippen molar-refractivity contribution in [2.24, 2.45) is 11.8 Å². The lowest BCUT2D eigenvalue weighted by molar-refractivity contribution is -0.339. The van der Waals surface area contributed by atoms with Crippen molar-refractivity contribution in [3.63, 3.8) is 0 Å². The van der Waals surface area contributed by atoms with Crippen molar-refractivity contribution < 1.29 is 54.4 Å². The molecule has 0 amide bonds. The Balaban J connectivity index is 1.42. The number of carbonyl (C=O) groups is 1. The van der Waals surface area contributed by atoms with Crippen LogP contribution in [0.25, 0.3) is 0 Å². The molecule has 11 nitrogen and oxygen atoms in total. The van der Waals surface area contributed by atoms with Crippen LogP contribution < -0.4 is 0 Å². The first-order valence-corrected chi connectivity index (χ1v) is 10.4. The summed E-state index contributed by atoms with van der Waals surface area (Å²) in [5.41, 5.74) is 0.667. The first-order chi connectivity index (χ1) is 15.8. The number of aromatic hydroxyl groups is 1. The van der Waals surface area contributed by atoms with Gasteiger partial charge in [-0.05, 0) is 35.9 Å². The van der Waals surface area contributed by atoms with Gasteiger partial charge in [-0.3, -0.25) is 0 Å². The third-order valence-electron chi connectivity index (χ3n) is 6.01. The van der Waals surface area contributed by atoms with E-state index in [2.05, 4.69) is 0 Å². The lowest BCUT2D eigenvalue weighted by Crippen LogP contribution is -2.60. The molecule has 0 bridgehead atoms. The van der Waals surface area contributed by atoms with Gasteiger partial charge in [-0.25, -0.2) is 4.79 Å². The summed E-state index contributed by atoms with van der Waals surface area (Å²) in [6.45, 7) is -0.786. The minimum absolute atomic E-state index is 0.0155. The Bertz CT molecular complexity index is 896. The molecule has 6 N–H and O–H groups in total. The highest BCUT2D eigenvalue weighted by Gasteiger charge is 2.48. The molecule has 3 aliphatic rings. The Morgan fingerprint density at radius 1 is 0.970 bits per heavy atom. The lowest BCUT2D eigenvalue weighted by atomic mass is 9.91. The van der Waals surface area contributed by atoms with Crippen LogP contribution in [0.4, 0.5) is 0 Å². The second-order valence-corrected chi connectivity index (χ2v) is 8.13. The minimum Gasteiger partial charge on any atom is -0.508 e. The van der Waals surface area contributed by atoms with E-state index >= 15 is 0 Å². The van der Waals surface area contributed by atoms with Crippen molar-refractivity contribution in [3.8, 4) is 5.75 Å². The van der Waals surface area contributed by atoms with Gasteiger partial charge in [0.05, 0.1) is 24.5 Å². The van der Waals surface area contributed by atoms with Crippen molar-refractivity contribution in [3.05, 3.63) is 53.8 Å². The Labute approximate surface area is 188 Å². The van der Waals surface area contributed by atoms with Crippen molar-refractivity contribution in [1.29, 1.82) is 0 Å². The van der Waals surface area contributed by atoms with Gasteiger partial charge in [0.1, 0.15) is 36.8 Å². The molecule has 1 aromatic rings. The zero-order valence-corrected chi connectivity index (χ0v) is 17.4. The highest BCUT2D eigenvalue weighted by Crippen LogP contribution is 2.40. The average molecular weight is 466 g/mol. The number of phenolic OH excluding ortho intramolecular Hbond substituents is 1. The molecule has 0 radical (unpaired) electrons. The Hall–Kier alpha value is -2.51. The fraction of sp³-hybridized carbons (Fsp3) is 0.500. The van der Waals surface area contributed by atoms with Gasteiger partial charge >= 0.3 is 5.97 Å². The molecule has 2 aliphatic heterocycles. The molecule has 11 heteroatoms.